The maximum absolute atomic E-state index is 13.8. The van der Waals surface area contributed by atoms with Gasteiger partial charge in [-0.2, -0.15) is 0 Å². The molecule has 44 heavy (non-hydrogen) atoms. The Morgan fingerprint density at radius 3 is 2.66 bits per heavy atom. The van der Waals surface area contributed by atoms with Gasteiger partial charge in [-0.15, -0.1) is 0 Å². The van der Waals surface area contributed by atoms with E-state index >= 15 is 0 Å². The van der Waals surface area contributed by atoms with Crippen molar-refractivity contribution in [1.29, 1.82) is 0 Å². The standard InChI is InChI=1S/C32H43ClN2O9/c1-8-10-27(37)43-25-16-26(36)35(5)21-14-20(15-22(40-6)28(21)33)13-18(2)11-9-12-24(41-7)32(39)17-23(42-30(38)34-32)19(3)29-31(25,4)44-29/h9,11-12,14-15,19,23-25,29,39H,8,10,13,16-17H2,1-7H3,(H,34,38)/b12-9?,18-11+/t19-,23+,24-,25+,29+,31+,32+/m1/s1. The highest BCUT2D eigenvalue weighted by Crippen LogP contribution is 2.49. The summed E-state index contributed by atoms with van der Waals surface area (Å²) in [5, 5.41) is 14.4. The Labute approximate surface area is 263 Å². The molecule has 242 valence electrons. The van der Waals surface area contributed by atoms with Crippen LogP contribution in [0.3, 0.4) is 0 Å². The summed E-state index contributed by atoms with van der Waals surface area (Å²) in [6.07, 6.45) is 2.47. The van der Waals surface area contributed by atoms with Crippen molar-refractivity contribution in [1.82, 2.24) is 5.32 Å². The maximum atomic E-state index is 13.8. The van der Waals surface area contributed by atoms with Crippen LogP contribution in [-0.4, -0.2) is 80.1 Å². The second-order valence-corrected chi connectivity index (χ2v) is 12.4. The minimum Gasteiger partial charge on any atom is -0.495 e. The normalized spacial score (nSPS) is 33.8. The quantitative estimate of drug-likeness (QED) is 0.355. The topological polar surface area (TPSA) is 136 Å². The first kappa shape index (κ1) is 33.8. The van der Waals surface area contributed by atoms with Crippen molar-refractivity contribution in [3.8, 4) is 5.75 Å². The Hall–Kier alpha value is -3.12. The molecule has 2 saturated heterocycles. The Kier molecular flexibility index (Phi) is 10.3. The average Bonchev–Trinajstić information content (AvgIpc) is 3.66. The summed E-state index contributed by atoms with van der Waals surface area (Å²) in [5.41, 5.74) is -0.561. The summed E-state index contributed by atoms with van der Waals surface area (Å²) in [6.45, 7) is 7.41. The number of halogens is 1. The minimum absolute atomic E-state index is 0.00742. The first-order chi connectivity index (χ1) is 20.8. The minimum atomic E-state index is -1.76. The number of esters is 1. The van der Waals surface area contributed by atoms with Crippen molar-refractivity contribution in [2.24, 2.45) is 5.92 Å². The molecule has 11 nitrogen and oxygen atoms in total. The summed E-state index contributed by atoms with van der Waals surface area (Å²) >= 11 is 6.68. The van der Waals surface area contributed by atoms with E-state index < -0.39 is 53.7 Å². The molecule has 0 aliphatic carbocycles. The molecule has 0 spiro atoms. The van der Waals surface area contributed by atoms with Crippen molar-refractivity contribution in [3.05, 3.63) is 46.5 Å². The third-order valence-electron chi connectivity index (χ3n) is 8.68. The zero-order chi connectivity index (χ0) is 32.4. The predicted octanol–water partition coefficient (Wildman–Crippen LogP) is 4.47. The number of nitrogens with zero attached hydrogens (tertiary/aromatic N) is 1. The number of fused-ring (bicyclic) bond motifs is 5. The van der Waals surface area contributed by atoms with E-state index in [0.717, 1.165) is 11.1 Å². The second-order valence-electron chi connectivity index (χ2n) is 12.0. The first-order valence-corrected chi connectivity index (χ1v) is 15.2. The zero-order valence-electron chi connectivity index (χ0n) is 26.3. The van der Waals surface area contributed by atoms with Gasteiger partial charge in [0.1, 0.15) is 34.7 Å². The molecule has 2 amide bonds. The van der Waals surface area contributed by atoms with Gasteiger partial charge in [-0.1, -0.05) is 49.2 Å². The van der Waals surface area contributed by atoms with E-state index in [4.69, 9.17) is 35.3 Å². The van der Waals surface area contributed by atoms with E-state index in [0.29, 0.717) is 24.3 Å². The second kappa shape index (κ2) is 13.5. The molecular weight excluding hydrogens is 592 g/mol. The van der Waals surface area contributed by atoms with E-state index in [1.807, 2.05) is 39.0 Å². The Morgan fingerprint density at radius 1 is 1.27 bits per heavy atom. The first-order valence-electron chi connectivity index (χ1n) is 14.8. The molecule has 2 fully saturated rings. The van der Waals surface area contributed by atoms with Crippen LogP contribution in [0.2, 0.25) is 5.02 Å². The number of benzene rings is 1. The Morgan fingerprint density at radius 2 is 2.00 bits per heavy atom. The molecular formula is C32H43ClN2O9. The zero-order valence-corrected chi connectivity index (χ0v) is 27.1. The lowest BCUT2D eigenvalue weighted by atomic mass is 9.83. The van der Waals surface area contributed by atoms with E-state index in [9.17, 15) is 19.5 Å². The van der Waals surface area contributed by atoms with Gasteiger partial charge in [0.2, 0.25) is 5.91 Å². The Balaban J connectivity index is 1.79. The number of carbonyl (C=O) groups is 3. The molecule has 0 radical (unpaired) electrons. The van der Waals surface area contributed by atoms with Gasteiger partial charge in [-0.05, 0) is 44.4 Å². The lowest BCUT2D eigenvalue weighted by Gasteiger charge is -2.42. The lowest BCUT2D eigenvalue weighted by Crippen LogP contribution is -2.63. The van der Waals surface area contributed by atoms with Crippen LogP contribution in [-0.2, 0) is 35.0 Å². The van der Waals surface area contributed by atoms with Crippen LogP contribution in [0.4, 0.5) is 10.5 Å². The lowest BCUT2D eigenvalue weighted by molar-refractivity contribution is -0.153. The average molecular weight is 635 g/mol. The Bertz CT molecular complexity index is 1330. The molecule has 2 N–H and O–H groups in total. The summed E-state index contributed by atoms with van der Waals surface area (Å²) in [7, 11) is 4.57. The van der Waals surface area contributed by atoms with Gasteiger partial charge in [0.25, 0.3) is 0 Å². The number of allylic oxidation sites excluding steroid dienone is 3. The molecule has 4 rings (SSSR count). The van der Waals surface area contributed by atoms with Crippen molar-refractivity contribution >= 4 is 35.3 Å². The van der Waals surface area contributed by atoms with Crippen molar-refractivity contribution in [3.63, 3.8) is 0 Å². The highest BCUT2D eigenvalue weighted by atomic mass is 35.5. The third kappa shape index (κ3) is 7.06. The van der Waals surface area contributed by atoms with E-state index in [1.54, 1.807) is 26.1 Å². The number of amides is 2. The fourth-order valence-corrected chi connectivity index (χ4v) is 6.34. The largest absolute Gasteiger partial charge is 0.495 e. The fourth-order valence-electron chi connectivity index (χ4n) is 6.03. The maximum Gasteiger partial charge on any atom is 0.409 e. The molecule has 0 aromatic heterocycles. The number of nitrogens with one attached hydrogen (secondary N) is 1. The molecule has 4 bridgehead atoms. The van der Waals surface area contributed by atoms with E-state index in [2.05, 4.69) is 5.32 Å². The highest BCUT2D eigenvalue weighted by Gasteiger charge is 2.64. The number of epoxide rings is 1. The van der Waals surface area contributed by atoms with Crippen molar-refractivity contribution in [2.75, 3.05) is 26.2 Å². The molecule has 0 saturated carbocycles. The summed E-state index contributed by atoms with van der Waals surface area (Å²) in [6, 6.07) is 3.64. The number of ether oxygens (including phenoxy) is 5. The van der Waals surface area contributed by atoms with Crippen LogP contribution in [0, 0.1) is 5.92 Å². The van der Waals surface area contributed by atoms with Crippen LogP contribution in [0.15, 0.2) is 35.9 Å². The summed E-state index contributed by atoms with van der Waals surface area (Å²) < 4.78 is 28.8. The van der Waals surface area contributed by atoms with Crippen LogP contribution in [0.1, 0.15) is 58.9 Å². The molecule has 12 heteroatoms. The third-order valence-corrected chi connectivity index (χ3v) is 9.06. The molecule has 3 aliphatic rings. The van der Waals surface area contributed by atoms with E-state index in [1.165, 1.54) is 19.1 Å². The van der Waals surface area contributed by atoms with Crippen LogP contribution in [0.25, 0.3) is 0 Å². The summed E-state index contributed by atoms with van der Waals surface area (Å²) in [4.78, 5) is 40.6. The number of rotatable bonds is 5. The number of anilines is 1. The number of hydrogen-bond acceptors (Lipinski definition) is 9. The monoisotopic (exact) mass is 634 g/mol. The van der Waals surface area contributed by atoms with Gasteiger partial charge in [0, 0.05) is 32.9 Å². The van der Waals surface area contributed by atoms with Crippen molar-refractivity contribution < 1.29 is 43.2 Å². The number of alkyl carbamates (subject to hydrolysis) is 1. The number of methoxy groups -OCH3 is 2. The SMILES string of the molecule is CCCC(=O)O[C@H]1CC(=O)N(C)c2cc(cc(OC)c2Cl)C/C(C)=C/C=C[C@@H](OC)[C@@]2(O)C[C@H](OC(=O)N2)[C@@H](C)[C@@H]2O[C@@]12C. The molecule has 7 atom stereocenters. The van der Waals surface area contributed by atoms with Gasteiger partial charge in [-0.25, -0.2) is 4.79 Å². The van der Waals surface area contributed by atoms with Crippen molar-refractivity contribution in [2.45, 2.75) is 95.5 Å². The van der Waals surface area contributed by atoms with Gasteiger partial charge < -0.3 is 33.7 Å². The number of carbonyl (C=O) groups excluding carboxylic acids is 3. The van der Waals surface area contributed by atoms with Crippen LogP contribution >= 0.6 is 11.6 Å². The fraction of sp³-hybridized carbons (Fsp3) is 0.594. The highest BCUT2D eigenvalue weighted by molar-refractivity contribution is 6.35. The van der Waals surface area contributed by atoms with Gasteiger partial charge in [-0.3, -0.25) is 14.9 Å². The summed E-state index contributed by atoms with van der Waals surface area (Å²) in [5.74, 6) is -0.813. The molecule has 3 heterocycles. The molecule has 3 aliphatic heterocycles. The van der Waals surface area contributed by atoms with Crippen LogP contribution in [0.5, 0.6) is 5.75 Å². The van der Waals surface area contributed by atoms with Gasteiger partial charge in [0.05, 0.1) is 25.3 Å². The van der Waals surface area contributed by atoms with Gasteiger partial charge >= 0.3 is 12.1 Å². The predicted molar refractivity (Wildman–Crippen MR) is 164 cm³/mol. The number of hydrogen-bond donors (Lipinski definition) is 2. The van der Waals surface area contributed by atoms with Gasteiger partial charge in [0.15, 0.2) is 5.72 Å². The smallest absolute Gasteiger partial charge is 0.409 e. The van der Waals surface area contributed by atoms with Crippen LogP contribution < -0.4 is 15.0 Å². The molecule has 0 unspecified atom stereocenters. The van der Waals surface area contributed by atoms with E-state index in [-0.39, 0.29) is 30.2 Å². The number of aliphatic hydroxyl groups is 1. The molecule has 1 aromatic rings. The molecule has 1 aromatic carbocycles.